The largest absolute Gasteiger partial charge is 0.488 e. The van der Waals surface area contributed by atoms with E-state index in [0.717, 1.165) is 25.3 Å². The number of likely N-dealkylation sites (N-methyl/N-ethyl adjacent to an activating group) is 1. The molecule has 6 heteroatoms. The number of rotatable bonds is 4. The number of urea groups is 1. The van der Waals surface area contributed by atoms with Gasteiger partial charge < -0.3 is 10.1 Å². The number of fused-ring (bicyclic) bond motifs is 1. The number of hydrogen-bond acceptors (Lipinski definition) is 3. The number of carbonyl (C=O) groups excluding carboxylic acids is 2. The third-order valence-corrected chi connectivity index (χ3v) is 5.40. The highest BCUT2D eigenvalue weighted by atomic mass is 127. The van der Waals surface area contributed by atoms with E-state index in [1.165, 1.54) is 17.8 Å². The Hall–Kier alpha value is -2.87. The van der Waals surface area contributed by atoms with Crippen molar-refractivity contribution in [2.45, 2.75) is 6.61 Å². The smallest absolute Gasteiger partial charge is 0.328 e. The van der Waals surface area contributed by atoms with Crippen LogP contribution in [0.15, 0.2) is 66.4 Å². The summed E-state index contributed by atoms with van der Waals surface area (Å²) in [7, 11) is 1.45. The lowest BCUT2D eigenvalue weighted by molar-refractivity contribution is -0.121. The van der Waals surface area contributed by atoms with E-state index in [1.807, 2.05) is 30.3 Å². The topological polar surface area (TPSA) is 58.6 Å². The summed E-state index contributed by atoms with van der Waals surface area (Å²) in [5.41, 5.74) is 2.19. The lowest BCUT2D eigenvalue weighted by Crippen LogP contribution is -2.25. The van der Waals surface area contributed by atoms with Crippen LogP contribution in [0, 0.1) is 3.57 Å². The van der Waals surface area contributed by atoms with E-state index in [9.17, 15) is 9.59 Å². The van der Waals surface area contributed by atoms with E-state index in [0.29, 0.717) is 6.61 Å². The Morgan fingerprint density at radius 1 is 1.04 bits per heavy atom. The van der Waals surface area contributed by atoms with Gasteiger partial charge in [-0.15, -0.1) is 0 Å². The molecule has 3 aromatic rings. The van der Waals surface area contributed by atoms with Crippen LogP contribution in [0.5, 0.6) is 5.75 Å². The minimum atomic E-state index is -0.415. The summed E-state index contributed by atoms with van der Waals surface area (Å²) in [4.78, 5) is 24.6. The van der Waals surface area contributed by atoms with Gasteiger partial charge in [-0.25, -0.2) is 4.79 Å². The van der Waals surface area contributed by atoms with Crippen molar-refractivity contribution in [1.29, 1.82) is 0 Å². The highest BCUT2D eigenvalue weighted by Crippen LogP contribution is 2.25. The van der Waals surface area contributed by atoms with E-state index in [4.69, 9.17) is 4.74 Å². The summed E-state index contributed by atoms with van der Waals surface area (Å²) in [5.74, 6) is 0.437. The summed E-state index contributed by atoms with van der Waals surface area (Å²) in [5, 5.41) is 4.96. The average molecular weight is 484 g/mol. The van der Waals surface area contributed by atoms with Crippen LogP contribution in [0.1, 0.15) is 11.1 Å². The van der Waals surface area contributed by atoms with Crippen molar-refractivity contribution in [2.75, 3.05) is 7.05 Å². The molecule has 3 amide bonds. The monoisotopic (exact) mass is 484 g/mol. The highest BCUT2D eigenvalue weighted by molar-refractivity contribution is 14.1. The second-order valence-electron chi connectivity index (χ2n) is 6.51. The Labute approximate surface area is 176 Å². The molecule has 0 radical (unpaired) electrons. The van der Waals surface area contributed by atoms with Gasteiger partial charge in [-0.1, -0.05) is 42.5 Å². The summed E-state index contributed by atoms with van der Waals surface area (Å²) >= 11 is 2.21. The maximum Gasteiger partial charge on any atom is 0.328 e. The molecule has 0 aliphatic carbocycles. The van der Waals surface area contributed by atoms with Gasteiger partial charge in [0.1, 0.15) is 18.1 Å². The maximum absolute atomic E-state index is 12.0. The summed E-state index contributed by atoms with van der Waals surface area (Å²) in [6.07, 6.45) is 1.67. The predicted octanol–water partition coefficient (Wildman–Crippen LogP) is 4.55. The number of imide groups is 1. The van der Waals surface area contributed by atoms with E-state index < -0.39 is 6.03 Å². The van der Waals surface area contributed by atoms with Gasteiger partial charge in [-0.05, 0) is 68.8 Å². The molecule has 1 N–H and O–H groups in total. The predicted molar refractivity (Wildman–Crippen MR) is 117 cm³/mol. The van der Waals surface area contributed by atoms with Crippen molar-refractivity contribution in [3.8, 4) is 5.75 Å². The molecular weight excluding hydrogens is 467 g/mol. The molecule has 0 unspecified atom stereocenters. The van der Waals surface area contributed by atoms with Gasteiger partial charge in [-0.2, -0.15) is 0 Å². The molecule has 1 aliphatic heterocycles. The molecule has 0 aromatic heterocycles. The summed E-state index contributed by atoms with van der Waals surface area (Å²) in [6, 6.07) is 19.8. The molecule has 1 aliphatic rings. The normalized spacial score (nSPS) is 15.4. The zero-order chi connectivity index (χ0) is 19.7. The molecule has 140 valence electrons. The van der Waals surface area contributed by atoms with Gasteiger partial charge in [0.25, 0.3) is 5.91 Å². The molecule has 0 spiro atoms. The van der Waals surface area contributed by atoms with Crippen LogP contribution in [0.3, 0.4) is 0 Å². The second kappa shape index (κ2) is 7.63. The van der Waals surface area contributed by atoms with Gasteiger partial charge in [0.15, 0.2) is 0 Å². The van der Waals surface area contributed by atoms with Gasteiger partial charge >= 0.3 is 6.03 Å². The SMILES string of the molecule is CN1C(=O)N/C(=C/c2ccc(OCc3ccc4ccccc4c3)c(I)c2)C1=O. The Morgan fingerprint density at radius 3 is 2.54 bits per heavy atom. The summed E-state index contributed by atoms with van der Waals surface area (Å²) in [6.45, 7) is 0.473. The van der Waals surface area contributed by atoms with Crippen LogP contribution in [0.2, 0.25) is 0 Å². The summed E-state index contributed by atoms with van der Waals surface area (Å²) < 4.78 is 6.91. The van der Waals surface area contributed by atoms with Gasteiger partial charge in [0.05, 0.1) is 3.57 Å². The molecule has 28 heavy (non-hydrogen) atoms. The molecule has 5 nitrogen and oxygen atoms in total. The Balaban J connectivity index is 1.48. The zero-order valence-corrected chi connectivity index (χ0v) is 17.3. The fourth-order valence-electron chi connectivity index (χ4n) is 3.00. The highest BCUT2D eigenvalue weighted by Gasteiger charge is 2.29. The first-order valence-corrected chi connectivity index (χ1v) is 9.80. The number of benzene rings is 3. The third kappa shape index (κ3) is 3.73. The van der Waals surface area contributed by atoms with Crippen molar-refractivity contribution >= 4 is 51.4 Å². The molecule has 1 heterocycles. The minimum absolute atomic E-state index is 0.271. The van der Waals surface area contributed by atoms with Crippen molar-refractivity contribution in [3.05, 3.63) is 81.1 Å². The first-order valence-electron chi connectivity index (χ1n) is 8.72. The van der Waals surface area contributed by atoms with Gasteiger partial charge in [-0.3, -0.25) is 9.69 Å². The fraction of sp³-hybridized carbons (Fsp3) is 0.0909. The van der Waals surface area contributed by atoms with E-state index in [1.54, 1.807) is 6.08 Å². The average Bonchev–Trinajstić information content (AvgIpc) is 2.94. The standard InChI is InChI=1S/C22H17IN2O3/c1-25-21(26)19(24-22(25)27)12-14-7-9-20(18(23)11-14)28-13-15-6-8-16-4-2-3-5-17(16)10-15/h2-12H,13H2,1H3,(H,24,27)/b19-12+. The van der Waals surface area contributed by atoms with Crippen molar-refractivity contribution in [2.24, 2.45) is 0 Å². The van der Waals surface area contributed by atoms with Crippen LogP contribution >= 0.6 is 22.6 Å². The van der Waals surface area contributed by atoms with Crippen molar-refractivity contribution < 1.29 is 14.3 Å². The van der Waals surface area contributed by atoms with Crippen LogP contribution < -0.4 is 10.1 Å². The number of nitrogens with zero attached hydrogens (tertiary/aromatic N) is 1. The molecule has 3 aromatic carbocycles. The van der Waals surface area contributed by atoms with E-state index in [-0.39, 0.29) is 11.6 Å². The van der Waals surface area contributed by atoms with Crippen molar-refractivity contribution in [1.82, 2.24) is 10.2 Å². The fourth-order valence-corrected chi connectivity index (χ4v) is 3.70. The zero-order valence-electron chi connectivity index (χ0n) is 15.1. The van der Waals surface area contributed by atoms with E-state index in [2.05, 4.69) is 58.2 Å². The first kappa shape index (κ1) is 18.5. The number of amides is 3. The lowest BCUT2D eigenvalue weighted by atomic mass is 10.1. The minimum Gasteiger partial charge on any atom is -0.488 e. The number of halogens is 1. The number of ether oxygens (including phenoxy) is 1. The van der Waals surface area contributed by atoms with Gasteiger partial charge in [0, 0.05) is 7.05 Å². The van der Waals surface area contributed by atoms with Gasteiger partial charge in [0.2, 0.25) is 0 Å². The Kier molecular flexibility index (Phi) is 5.04. The Morgan fingerprint density at radius 2 is 1.82 bits per heavy atom. The molecule has 0 bridgehead atoms. The molecular formula is C22H17IN2O3. The Bertz CT molecular complexity index is 1120. The van der Waals surface area contributed by atoms with Crippen LogP contribution in [0.4, 0.5) is 4.79 Å². The quantitative estimate of drug-likeness (QED) is 0.336. The van der Waals surface area contributed by atoms with Crippen LogP contribution in [-0.2, 0) is 11.4 Å². The van der Waals surface area contributed by atoms with E-state index >= 15 is 0 Å². The van der Waals surface area contributed by atoms with Crippen LogP contribution in [-0.4, -0.2) is 23.9 Å². The molecule has 4 rings (SSSR count). The maximum atomic E-state index is 12.0. The van der Waals surface area contributed by atoms with Crippen molar-refractivity contribution in [3.63, 3.8) is 0 Å². The van der Waals surface area contributed by atoms with Crippen LogP contribution in [0.25, 0.3) is 16.8 Å². The second-order valence-corrected chi connectivity index (χ2v) is 7.67. The lowest BCUT2D eigenvalue weighted by Gasteiger charge is -2.10. The molecule has 0 saturated carbocycles. The first-order chi connectivity index (χ1) is 13.5. The number of hydrogen-bond donors (Lipinski definition) is 1. The molecule has 1 fully saturated rings. The third-order valence-electron chi connectivity index (χ3n) is 4.56. The molecule has 0 atom stereocenters. The number of nitrogens with one attached hydrogen (secondary N) is 1. The molecule has 1 saturated heterocycles. The number of carbonyl (C=O) groups is 2.